The first kappa shape index (κ1) is 10.6. The summed E-state index contributed by atoms with van der Waals surface area (Å²) in [4.78, 5) is 4.60. The standard InChI is InChI=1S/C13H12N2.H3N/c1-9-14-13-11-6-4-3-5-10(11)7-8-12(13)15(9)2;/h3-8H,1-2H3;1H3. The lowest BCUT2D eigenvalue weighted by Gasteiger charge is -1.99. The van der Waals surface area contributed by atoms with Gasteiger partial charge in [0.25, 0.3) is 0 Å². The van der Waals surface area contributed by atoms with E-state index >= 15 is 0 Å². The molecule has 0 bridgehead atoms. The van der Waals surface area contributed by atoms with E-state index in [0.29, 0.717) is 0 Å². The topological polar surface area (TPSA) is 52.8 Å². The molecule has 0 saturated heterocycles. The van der Waals surface area contributed by atoms with Gasteiger partial charge < -0.3 is 10.7 Å². The van der Waals surface area contributed by atoms with Gasteiger partial charge in [-0.25, -0.2) is 4.98 Å². The highest BCUT2D eigenvalue weighted by molar-refractivity contribution is 6.04. The molecular formula is C13H15N3. The van der Waals surface area contributed by atoms with Crippen molar-refractivity contribution in [2.45, 2.75) is 6.92 Å². The number of nitrogens with zero attached hydrogens (tertiary/aromatic N) is 2. The molecule has 3 N–H and O–H groups in total. The minimum atomic E-state index is 0. The molecule has 1 heterocycles. The summed E-state index contributed by atoms with van der Waals surface area (Å²) in [5, 5.41) is 2.49. The van der Waals surface area contributed by atoms with Crippen LogP contribution >= 0.6 is 0 Å². The Kier molecular flexibility index (Phi) is 2.40. The van der Waals surface area contributed by atoms with Gasteiger partial charge in [-0.2, -0.15) is 0 Å². The van der Waals surface area contributed by atoms with Gasteiger partial charge in [0, 0.05) is 12.4 Å². The molecule has 82 valence electrons. The van der Waals surface area contributed by atoms with Gasteiger partial charge in [-0.1, -0.05) is 30.3 Å². The quantitative estimate of drug-likeness (QED) is 0.623. The number of hydrogen-bond acceptors (Lipinski definition) is 2. The summed E-state index contributed by atoms with van der Waals surface area (Å²) in [5.41, 5.74) is 2.30. The maximum Gasteiger partial charge on any atom is 0.106 e. The summed E-state index contributed by atoms with van der Waals surface area (Å²) in [6.45, 7) is 2.04. The molecule has 0 atom stereocenters. The molecule has 3 nitrogen and oxygen atoms in total. The Morgan fingerprint density at radius 1 is 1.06 bits per heavy atom. The maximum absolute atomic E-state index is 4.60. The third-order valence-electron chi connectivity index (χ3n) is 3.00. The summed E-state index contributed by atoms with van der Waals surface area (Å²) in [5.74, 6) is 1.06. The van der Waals surface area contributed by atoms with Crippen molar-refractivity contribution in [1.82, 2.24) is 15.7 Å². The molecule has 3 rings (SSSR count). The summed E-state index contributed by atoms with van der Waals surface area (Å²) < 4.78 is 2.13. The number of hydrogen-bond donors (Lipinski definition) is 1. The molecular weight excluding hydrogens is 198 g/mol. The van der Waals surface area contributed by atoms with Gasteiger partial charge in [0.05, 0.1) is 11.0 Å². The van der Waals surface area contributed by atoms with Gasteiger partial charge in [0.1, 0.15) is 5.82 Å². The molecule has 1 aromatic heterocycles. The zero-order valence-electron chi connectivity index (χ0n) is 9.57. The zero-order valence-corrected chi connectivity index (χ0v) is 9.57. The predicted octanol–water partition coefficient (Wildman–Crippen LogP) is 3.20. The summed E-state index contributed by atoms with van der Waals surface area (Å²) in [6, 6.07) is 12.7. The van der Waals surface area contributed by atoms with Crippen molar-refractivity contribution in [2.75, 3.05) is 0 Å². The van der Waals surface area contributed by atoms with Crippen LogP contribution in [-0.2, 0) is 7.05 Å². The minimum absolute atomic E-state index is 0. The van der Waals surface area contributed by atoms with Gasteiger partial charge in [-0.15, -0.1) is 0 Å². The summed E-state index contributed by atoms with van der Waals surface area (Å²) >= 11 is 0. The Morgan fingerprint density at radius 3 is 2.62 bits per heavy atom. The van der Waals surface area contributed by atoms with E-state index < -0.39 is 0 Å². The summed E-state index contributed by atoms with van der Waals surface area (Å²) in [7, 11) is 2.06. The Labute approximate surface area is 94.3 Å². The fourth-order valence-corrected chi connectivity index (χ4v) is 2.04. The lowest BCUT2D eigenvalue weighted by atomic mass is 10.1. The van der Waals surface area contributed by atoms with Crippen molar-refractivity contribution < 1.29 is 0 Å². The average molecular weight is 213 g/mol. The van der Waals surface area contributed by atoms with Crippen molar-refractivity contribution in [2.24, 2.45) is 7.05 Å². The Morgan fingerprint density at radius 2 is 1.81 bits per heavy atom. The SMILES string of the molecule is Cc1nc2c3ccccc3ccc2n1C.N. The first-order valence-electron chi connectivity index (χ1n) is 5.08. The van der Waals surface area contributed by atoms with Crippen LogP contribution in [0.1, 0.15) is 5.82 Å². The molecule has 0 saturated carbocycles. The van der Waals surface area contributed by atoms with E-state index in [2.05, 4.69) is 53.0 Å². The third kappa shape index (κ3) is 1.29. The van der Waals surface area contributed by atoms with Gasteiger partial charge in [0.2, 0.25) is 0 Å². The van der Waals surface area contributed by atoms with E-state index in [4.69, 9.17) is 0 Å². The molecule has 0 radical (unpaired) electrons. The Hall–Kier alpha value is -1.87. The highest BCUT2D eigenvalue weighted by atomic mass is 15.0. The fourth-order valence-electron chi connectivity index (χ4n) is 2.04. The van der Waals surface area contributed by atoms with E-state index in [1.807, 2.05) is 6.92 Å². The lowest BCUT2D eigenvalue weighted by Crippen LogP contribution is -1.89. The van der Waals surface area contributed by atoms with Crippen LogP contribution in [-0.4, -0.2) is 9.55 Å². The zero-order chi connectivity index (χ0) is 10.4. The highest BCUT2D eigenvalue weighted by Gasteiger charge is 2.06. The molecule has 0 unspecified atom stereocenters. The number of fused-ring (bicyclic) bond motifs is 3. The number of benzene rings is 2. The van der Waals surface area contributed by atoms with E-state index in [0.717, 1.165) is 11.3 Å². The van der Waals surface area contributed by atoms with E-state index in [9.17, 15) is 0 Å². The number of aryl methyl sites for hydroxylation is 2. The van der Waals surface area contributed by atoms with Crippen LogP contribution in [0.5, 0.6) is 0 Å². The molecule has 0 aliphatic carbocycles. The summed E-state index contributed by atoms with van der Waals surface area (Å²) in [6.07, 6.45) is 0. The number of rotatable bonds is 0. The lowest BCUT2D eigenvalue weighted by molar-refractivity contribution is 0.886. The normalized spacial score (nSPS) is 10.6. The Balaban J connectivity index is 0.000000963. The van der Waals surface area contributed by atoms with Crippen LogP contribution < -0.4 is 6.15 Å². The Bertz CT molecular complexity index is 653. The van der Waals surface area contributed by atoms with Crippen molar-refractivity contribution in [3.05, 3.63) is 42.2 Å². The smallest absolute Gasteiger partial charge is 0.106 e. The van der Waals surface area contributed by atoms with Crippen LogP contribution in [0.15, 0.2) is 36.4 Å². The van der Waals surface area contributed by atoms with Crippen molar-refractivity contribution in [1.29, 1.82) is 0 Å². The van der Waals surface area contributed by atoms with E-state index in [1.54, 1.807) is 0 Å². The van der Waals surface area contributed by atoms with Crippen molar-refractivity contribution >= 4 is 21.8 Å². The molecule has 3 aromatic rings. The first-order valence-corrected chi connectivity index (χ1v) is 5.08. The second-order valence-electron chi connectivity index (χ2n) is 3.87. The predicted molar refractivity (Wildman–Crippen MR) is 68.0 cm³/mol. The van der Waals surface area contributed by atoms with Crippen LogP contribution in [0.25, 0.3) is 21.8 Å². The van der Waals surface area contributed by atoms with Crippen molar-refractivity contribution in [3.63, 3.8) is 0 Å². The van der Waals surface area contributed by atoms with Gasteiger partial charge in [-0.3, -0.25) is 0 Å². The van der Waals surface area contributed by atoms with Crippen LogP contribution in [0, 0.1) is 6.92 Å². The largest absolute Gasteiger partial charge is 0.344 e. The molecule has 0 amide bonds. The molecule has 3 heteroatoms. The van der Waals surface area contributed by atoms with Crippen LogP contribution in [0.3, 0.4) is 0 Å². The average Bonchev–Trinajstić information content (AvgIpc) is 2.56. The molecule has 0 spiro atoms. The molecule has 16 heavy (non-hydrogen) atoms. The van der Waals surface area contributed by atoms with Gasteiger partial charge in [0.15, 0.2) is 0 Å². The maximum atomic E-state index is 4.60. The second kappa shape index (κ2) is 3.61. The number of aromatic nitrogens is 2. The van der Waals surface area contributed by atoms with E-state index in [-0.39, 0.29) is 6.15 Å². The number of imidazole rings is 1. The monoisotopic (exact) mass is 213 g/mol. The molecule has 0 aliphatic rings. The first-order chi connectivity index (χ1) is 7.27. The highest BCUT2D eigenvalue weighted by Crippen LogP contribution is 2.24. The molecule has 0 aliphatic heterocycles. The molecule has 0 fully saturated rings. The fraction of sp³-hybridized carbons (Fsp3) is 0.154. The molecule has 2 aromatic carbocycles. The van der Waals surface area contributed by atoms with Gasteiger partial charge >= 0.3 is 0 Å². The van der Waals surface area contributed by atoms with Gasteiger partial charge in [-0.05, 0) is 18.4 Å². The van der Waals surface area contributed by atoms with E-state index in [1.165, 1.54) is 16.3 Å². The van der Waals surface area contributed by atoms with Crippen LogP contribution in [0.4, 0.5) is 0 Å². The second-order valence-corrected chi connectivity index (χ2v) is 3.87. The third-order valence-corrected chi connectivity index (χ3v) is 3.00. The van der Waals surface area contributed by atoms with Crippen molar-refractivity contribution in [3.8, 4) is 0 Å². The van der Waals surface area contributed by atoms with Crippen LogP contribution in [0.2, 0.25) is 0 Å². The minimum Gasteiger partial charge on any atom is -0.344 e.